The summed E-state index contributed by atoms with van der Waals surface area (Å²) in [5, 5.41) is 26.8. The van der Waals surface area contributed by atoms with Crippen LogP contribution in [0.15, 0.2) is 18.2 Å². The number of hydrogen-bond donors (Lipinski definition) is 2. The molecule has 1 atom stereocenters. The van der Waals surface area contributed by atoms with E-state index in [1.54, 1.807) is 6.07 Å². The molecule has 1 aromatic carbocycles. The zero-order valence-corrected chi connectivity index (χ0v) is 8.61. The van der Waals surface area contributed by atoms with E-state index in [1.165, 1.54) is 12.1 Å². The highest BCUT2D eigenvalue weighted by Crippen LogP contribution is 2.22. The van der Waals surface area contributed by atoms with Crippen LogP contribution in [0.5, 0.6) is 5.75 Å². The van der Waals surface area contributed by atoms with Gasteiger partial charge >= 0.3 is 0 Å². The second kappa shape index (κ2) is 5.56. The van der Waals surface area contributed by atoms with Gasteiger partial charge in [-0.25, -0.2) is 0 Å². The Labute approximate surface area is 92.3 Å². The molecule has 80 valence electrons. The Bertz CT molecular complexity index is 375. The number of hydrogen-bond acceptors (Lipinski definition) is 4. The molecule has 0 aliphatic carbocycles. The molecule has 4 nitrogen and oxygen atoms in total. The summed E-state index contributed by atoms with van der Waals surface area (Å²) in [6.45, 7) is -0.464. The van der Waals surface area contributed by atoms with Crippen molar-refractivity contribution in [3.8, 4) is 11.8 Å². The maximum absolute atomic E-state index is 9.06. The number of nitriles is 1. The molecule has 0 bridgehead atoms. The highest BCUT2D eigenvalue weighted by molar-refractivity contribution is 6.30. The highest BCUT2D eigenvalue weighted by atomic mass is 35.5. The van der Waals surface area contributed by atoms with Crippen LogP contribution >= 0.6 is 11.6 Å². The number of benzene rings is 1. The third-order valence-electron chi connectivity index (χ3n) is 1.71. The Balaban J connectivity index is 2.75. The fraction of sp³-hybridized carbons (Fsp3) is 0.300. The summed E-state index contributed by atoms with van der Waals surface area (Å²) in [5.74, 6) is 0.303. The molecule has 1 unspecified atom stereocenters. The molecular weight excluding hydrogens is 218 g/mol. The monoisotopic (exact) mass is 227 g/mol. The van der Waals surface area contributed by atoms with E-state index in [1.807, 2.05) is 6.07 Å². The van der Waals surface area contributed by atoms with Crippen LogP contribution in [0, 0.1) is 11.3 Å². The van der Waals surface area contributed by atoms with Crippen molar-refractivity contribution in [2.75, 3.05) is 13.2 Å². The fourth-order valence-electron chi connectivity index (χ4n) is 0.947. The zero-order chi connectivity index (χ0) is 11.3. The normalized spacial score (nSPS) is 11.9. The third-order valence-corrected chi connectivity index (χ3v) is 1.94. The highest BCUT2D eigenvalue weighted by Gasteiger charge is 2.07. The van der Waals surface area contributed by atoms with E-state index in [4.69, 9.17) is 31.8 Å². The molecule has 1 aromatic rings. The molecule has 0 heterocycles. The van der Waals surface area contributed by atoms with Gasteiger partial charge in [-0.2, -0.15) is 5.26 Å². The van der Waals surface area contributed by atoms with Crippen LogP contribution < -0.4 is 4.74 Å². The van der Waals surface area contributed by atoms with Crippen molar-refractivity contribution in [2.45, 2.75) is 6.10 Å². The molecule has 15 heavy (non-hydrogen) atoms. The summed E-state index contributed by atoms with van der Waals surface area (Å²) in [6.07, 6.45) is -0.962. The maximum atomic E-state index is 9.06. The van der Waals surface area contributed by atoms with Crippen LogP contribution in [0.25, 0.3) is 0 Å². The van der Waals surface area contributed by atoms with Crippen LogP contribution in [-0.4, -0.2) is 29.5 Å². The van der Waals surface area contributed by atoms with Gasteiger partial charge in [0.2, 0.25) is 0 Å². The summed E-state index contributed by atoms with van der Waals surface area (Å²) >= 11 is 5.72. The second-order valence-corrected chi connectivity index (χ2v) is 3.34. The lowest BCUT2D eigenvalue weighted by Crippen LogP contribution is -2.21. The lowest BCUT2D eigenvalue weighted by molar-refractivity contribution is 0.0535. The van der Waals surface area contributed by atoms with Crippen LogP contribution in [-0.2, 0) is 0 Å². The number of aliphatic hydroxyl groups excluding tert-OH is 2. The summed E-state index contributed by atoms with van der Waals surface area (Å²) < 4.78 is 5.14. The number of ether oxygens (including phenoxy) is 1. The van der Waals surface area contributed by atoms with E-state index in [2.05, 4.69) is 0 Å². The molecule has 5 heteroatoms. The molecule has 1 rings (SSSR count). The third kappa shape index (κ3) is 3.40. The van der Waals surface area contributed by atoms with Crippen molar-refractivity contribution in [3.05, 3.63) is 28.8 Å². The van der Waals surface area contributed by atoms with Crippen molar-refractivity contribution >= 4 is 11.6 Å². The molecular formula is C10H10ClNO3. The Kier molecular flexibility index (Phi) is 4.37. The van der Waals surface area contributed by atoms with Gasteiger partial charge in [-0.05, 0) is 12.1 Å². The van der Waals surface area contributed by atoms with Crippen LogP contribution in [0.3, 0.4) is 0 Å². The summed E-state index contributed by atoms with van der Waals surface area (Å²) in [7, 11) is 0. The Morgan fingerprint density at radius 3 is 2.87 bits per heavy atom. The molecule has 0 amide bonds. The van der Waals surface area contributed by atoms with Crippen molar-refractivity contribution in [1.29, 1.82) is 5.26 Å². The van der Waals surface area contributed by atoms with Gasteiger partial charge in [0.05, 0.1) is 12.2 Å². The Hall–Kier alpha value is -1.28. The lowest BCUT2D eigenvalue weighted by atomic mass is 10.2. The van der Waals surface area contributed by atoms with Gasteiger partial charge in [0, 0.05) is 11.1 Å². The van der Waals surface area contributed by atoms with Crippen molar-refractivity contribution in [1.82, 2.24) is 0 Å². The van der Waals surface area contributed by atoms with Gasteiger partial charge in [0.1, 0.15) is 24.5 Å². The largest absolute Gasteiger partial charge is 0.489 e. The molecule has 0 aliphatic heterocycles. The fourth-order valence-corrected chi connectivity index (χ4v) is 1.11. The van der Waals surface area contributed by atoms with Gasteiger partial charge in [0.15, 0.2) is 0 Å². The molecule has 0 spiro atoms. The molecule has 0 saturated heterocycles. The minimum Gasteiger partial charge on any atom is -0.489 e. The number of rotatable bonds is 4. The average molecular weight is 228 g/mol. The summed E-state index contributed by atoms with van der Waals surface area (Å²) in [6, 6.07) is 6.54. The summed E-state index contributed by atoms with van der Waals surface area (Å²) in [4.78, 5) is 0. The predicted octanol–water partition coefficient (Wildman–Crippen LogP) is 0.944. The van der Waals surface area contributed by atoms with Crippen molar-refractivity contribution in [2.24, 2.45) is 0 Å². The minimum absolute atomic E-state index is 0.0779. The Morgan fingerprint density at radius 1 is 1.53 bits per heavy atom. The number of halogens is 1. The summed E-state index contributed by atoms with van der Waals surface area (Å²) in [5.41, 5.74) is 0.338. The van der Waals surface area contributed by atoms with Crippen LogP contribution in [0.4, 0.5) is 0 Å². The molecule has 0 fully saturated rings. The topological polar surface area (TPSA) is 73.5 Å². The van der Waals surface area contributed by atoms with Gasteiger partial charge in [0.25, 0.3) is 0 Å². The van der Waals surface area contributed by atoms with E-state index >= 15 is 0 Å². The van der Waals surface area contributed by atoms with Crippen molar-refractivity contribution < 1.29 is 14.9 Å². The first-order valence-electron chi connectivity index (χ1n) is 4.28. The van der Waals surface area contributed by atoms with E-state index in [0.29, 0.717) is 16.3 Å². The molecule has 0 radical (unpaired) electrons. The average Bonchev–Trinajstić information content (AvgIpc) is 2.26. The first kappa shape index (κ1) is 11.8. The van der Waals surface area contributed by atoms with Gasteiger partial charge in [-0.1, -0.05) is 11.6 Å². The quantitative estimate of drug-likeness (QED) is 0.803. The standard InChI is InChI=1S/C10H10ClNO3/c11-8-2-1-7(4-12)10(3-8)15-6-9(14)5-13/h1-3,9,13-14H,5-6H2. The second-order valence-electron chi connectivity index (χ2n) is 2.90. The first-order chi connectivity index (χ1) is 7.17. The van der Waals surface area contributed by atoms with E-state index in [-0.39, 0.29) is 13.2 Å². The van der Waals surface area contributed by atoms with Gasteiger partial charge < -0.3 is 14.9 Å². The van der Waals surface area contributed by atoms with E-state index in [9.17, 15) is 0 Å². The van der Waals surface area contributed by atoms with Gasteiger partial charge in [-0.15, -0.1) is 0 Å². The molecule has 0 aliphatic rings. The molecule has 0 saturated carbocycles. The predicted molar refractivity (Wildman–Crippen MR) is 54.8 cm³/mol. The Morgan fingerprint density at radius 2 is 2.27 bits per heavy atom. The number of aliphatic hydroxyl groups is 2. The van der Waals surface area contributed by atoms with Crippen molar-refractivity contribution in [3.63, 3.8) is 0 Å². The molecule has 2 N–H and O–H groups in total. The minimum atomic E-state index is -0.962. The van der Waals surface area contributed by atoms with Crippen LogP contribution in [0.1, 0.15) is 5.56 Å². The zero-order valence-electron chi connectivity index (χ0n) is 7.85. The van der Waals surface area contributed by atoms with Crippen LogP contribution in [0.2, 0.25) is 5.02 Å². The van der Waals surface area contributed by atoms with Gasteiger partial charge in [-0.3, -0.25) is 0 Å². The maximum Gasteiger partial charge on any atom is 0.138 e. The SMILES string of the molecule is N#Cc1ccc(Cl)cc1OCC(O)CO. The first-order valence-corrected chi connectivity index (χ1v) is 4.66. The van der Waals surface area contributed by atoms with E-state index in [0.717, 1.165) is 0 Å². The number of nitrogens with zero attached hydrogens (tertiary/aromatic N) is 1. The smallest absolute Gasteiger partial charge is 0.138 e. The lowest BCUT2D eigenvalue weighted by Gasteiger charge is -2.10. The molecule has 0 aromatic heterocycles. The van der Waals surface area contributed by atoms with E-state index < -0.39 is 6.10 Å².